The normalized spacial score (nSPS) is 11.7. The standard InChI is InChI=1S/C18H23FN4O3S/c1-10(2)14-6-13(19)7-15(11(3)4)17(14)22-18(24)23-27(25,26)16-9-20-8-12(5)21-16/h6-11H,1-5H3,(H2,22,23,24). The van der Waals surface area contributed by atoms with Crippen molar-refractivity contribution in [2.75, 3.05) is 5.32 Å². The number of hydrogen-bond donors (Lipinski definition) is 2. The smallest absolute Gasteiger partial charge is 0.307 e. The Kier molecular flexibility index (Phi) is 6.15. The maximum atomic E-state index is 14.0. The molecule has 0 spiro atoms. The zero-order valence-electron chi connectivity index (χ0n) is 15.9. The second-order valence-corrected chi connectivity index (χ2v) is 8.46. The Labute approximate surface area is 158 Å². The summed E-state index contributed by atoms with van der Waals surface area (Å²) in [4.78, 5) is 20.0. The largest absolute Gasteiger partial charge is 0.333 e. The third kappa shape index (κ3) is 5.00. The fraction of sp³-hybridized carbons (Fsp3) is 0.389. The Morgan fingerprint density at radius 1 is 1.07 bits per heavy atom. The van der Waals surface area contributed by atoms with Crippen LogP contribution in [0.1, 0.15) is 56.4 Å². The molecular weight excluding hydrogens is 371 g/mol. The van der Waals surface area contributed by atoms with E-state index in [1.54, 1.807) is 6.92 Å². The molecule has 0 aliphatic heterocycles. The monoisotopic (exact) mass is 394 g/mol. The van der Waals surface area contributed by atoms with E-state index in [0.29, 0.717) is 22.5 Å². The van der Waals surface area contributed by atoms with Crippen LogP contribution >= 0.6 is 0 Å². The summed E-state index contributed by atoms with van der Waals surface area (Å²) in [5, 5.41) is 2.21. The van der Waals surface area contributed by atoms with Crippen LogP contribution in [0.5, 0.6) is 0 Å². The van der Waals surface area contributed by atoms with Gasteiger partial charge in [-0.05, 0) is 42.0 Å². The Hall–Kier alpha value is -2.55. The van der Waals surface area contributed by atoms with Gasteiger partial charge in [0.15, 0.2) is 5.03 Å². The number of carbonyl (C=O) groups excluding carboxylic acids is 1. The third-order valence-corrected chi connectivity index (χ3v) is 5.08. The zero-order chi connectivity index (χ0) is 20.4. The predicted molar refractivity (Wildman–Crippen MR) is 101 cm³/mol. The van der Waals surface area contributed by atoms with Crippen molar-refractivity contribution >= 4 is 21.7 Å². The second-order valence-electron chi connectivity index (χ2n) is 6.83. The third-order valence-electron chi connectivity index (χ3n) is 3.88. The first-order valence-electron chi connectivity index (χ1n) is 8.47. The van der Waals surface area contributed by atoms with Crippen LogP contribution in [0.3, 0.4) is 0 Å². The Morgan fingerprint density at radius 3 is 2.11 bits per heavy atom. The highest BCUT2D eigenvalue weighted by Gasteiger charge is 2.23. The number of benzene rings is 1. The number of aryl methyl sites for hydroxylation is 1. The molecule has 0 bridgehead atoms. The summed E-state index contributed by atoms with van der Waals surface area (Å²) in [6.07, 6.45) is 2.46. The number of urea groups is 1. The molecule has 2 rings (SSSR count). The number of halogens is 1. The van der Waals surface area contributed by atoms with Crippen LogP contribution in [-0.4, -0.2) is 24.4 Å². The van der Waals surface area contributed by atoms with E-state index in [2.05, 4.69) is 15.3 Å². The molecule has 146 valence electrons. The first-order chi connectivity index (χ1) is 12.5. The summed E-state index contributed by atoms with van der Waals surface area (Å²) in [7, 11) is -4.19. The van der Waals surface area contributed by atoms with Crippen LogP contribution in [0.2, 0.25) is 0 Å². The molecule has 0 fully saturated rings. The number of carbonyl (C=O) groups is 1. The highest BCUT2D eigenvalue weighted by Crippen LogP contribution is 2.33. The second kappa shape index (κ2) is 7.99. The van der Waals surface area contributed by atoms with Gasteiger partial charge in [-0.2, -0.15) is 8.42 Å². The van der Waals surface area contributed by atoms with Gasteiger partial charge < -0.3 is 5.32 Å². The van der Waals surface area contributed by atoms with Crippen LogP contribution in [0, 0.1) is 12.7 Å². The van der Waals surface area contributed by atoms with Crippen LogP contribution < -0.4 is 10.0 Å². The molecule has 0 saturated carbocycles. The minimum Gasteiger partial charge on any atom is -0.307 e. The van der Waals surface area contributed by atoms with Crippen LogP contribution in [-0.2, 0) is 10.0 Å². The number of sulfonamides is 1. The first kappa shape index (κ1) is 20.8. The lowest BCUT2D eigenvalue weighted by molar-refractivity contribution is 0.256. The van der Waals surface area contributed by atoms with E-state index < -0.39 is 21.9 Å². The molecule has 1 aromatic heterocycles. The lowest BCUT2D eigenvalue weighted by Crippen LogP contribution is -2.35. The summed E-state index contributed by atoms with van der Waals surface area (Å²) in [6.45, 7) is 9.04. The Morgan fingerprint density at radius 2 is 1.63 bits per heavy atom. The molecular formula is C18H23FN4O3S. The molecule has 0 aliphatic carbocycles. The van der Waals surface area contributed by atoms with Gasteiger partial charge in [0, 0.05) is 11.9 Å². The van der Waals surface area contributed by atoms with Crippen LogP contribution in [0.4, 0.5) is 14.9 Å². The zero-order valence-corrected chi connectivity index (χ0v) is 16.7. The maximum absolute atomic E-state index is 14.0. The van der Waals surface area contributed by atoms with Crippen LogP contribution in [0.25, 0.3) is 0 Å². The van der Waals surface area contributed by atoms with Crippen molar-refractivity contribution < 1.29 is 17.6 Å². The van der Waals surface area contributed by atoms with E-state index >= 15 is 0 Å². The Bertz CT molecular complexity index is 930. The number of hydrogen-bond acceptors (Lipinski definition) is 5. The van der Waals surface area contributed by atoms with E-state index in [0.717, 1.165) is 6.20 Å². The molecule has 0 saturated heterocycles. The van der Waals surface area contributed by atoms with Gasteiger partial charge in [-0.1, -0.05) is 27.7 Å². The molecule has 2 N–H and O–H groups in total. The van der Waals surface area contributed by atoms with Crippen molar-refractivity contribution in [3.8, 4) is 0 Å². The van der Waals surface area contributed by atoms with Crippen molar-refractivity contribution in [3.63, 3.8) is 0 Å². The van der Waals surface area contributed by atoms with E-state index in [9.17, 15) is 17.6 Å². The van der Waals surface area contributed by atoms with Crippen molar-refractivity contribution in [2.24, 2.45) is 0 Å². The number of amides is 2. The number of nitrogens with one attached hydrogen (secondary N) is 2. The van der Waals surface area contributed by atoms with Gasteiger partial charge in [0.1, 0.15) is 5.82 Å². The molecule has 27 heavy (non-hydrogen) atoms. The van der Waals surface area contributed by atoms with E-state index in [1.165, 1.54) is 18.3 Å². The maximum Gasteiger partial charge on any atom is 0.333 e. The molecule has 1 aromatic carbocycles. The van der Waals surface area contributed by atoms with Gasteiger partial charge in [0.05, 0.1) is 11.9 Å². The average molecular weight is 394 g/mol. The average Bonchev–Trinajstić information content (AvgIpc) is 2.55. The van der Waals surface area contributed by atoms with E-state index in [4.69, 9.17) is 0 Å². The van der Waals surface area contributed by atoms with Gasteiger partial charge in [-0.25, -0.2) is 18.9 Å². The predicted octanol–water partition coefficient (Wildman–Crippen LogP) is 3.68. The fourth-order valence-corrected chi connectivity index (χ4v) is 3.45. The molecule has 0 radical (unpaired) electrons. The lowest BCUT2D eigenvalue weighted by atomic mass is 9.92. The quantitative estimate of drug-likeness (QED) is 0.805. The SMILES string of the molecule is Cc1cncc(S(=O)(=O)NC(=O)Nc2c(C(C)C)cc(F)cc2C(C)C)n1. The number of aromatic nitrogens is 2. The molecule has 9 heteroatoms. The molecule has 0 aliphatic rings. The minimum absolute atomic E-state index is 0.0762. The molecule has 0 atom stereocenters. The summed E-state index contributed by atoms with van der Waals surface area (Å²) in [6, 6.07) is 1.73. The van der Waals surface area contributed by atoms with Gasteiger partial charge in [-0.3, -0.25) is 4.98 Å². The fourth-order valence-electron chi connectivity index (χ4n) is 2.59. The van der Waals surface area contributed by atoms with Crippen molar-refractivity contribution in [1.29, 1.82) is 0 Å². The minimum atomic E-state index is -4.19. The highest BCUT2D eigenvalue weighted by atomic mass is 32.2. The van der Waals surface area contributed by atoms with Crippen molar-refractivity contribution in [2.45, 2.75) is 51.5 Å². The topological polar surface area (TPSA) is 101 Å². The summed E-state index contributed by atoms with van der Waals surface area (Å²) in [5.41, 5.74) is 1.98. The van der Waals surface area contributed by atoms with Gasteiger partial charge in [0.25, 0.3) is 10.0 Å². The summed E-state index contributed by atoms with van der Waals surface area (Å²) >= 11 is 0. The summed E-state index contributed by atoms with van der Waals surface area (Å²) in [5.74, 6) is -0.559. The lowest BCUT2D eigenvalue weighted by Gasteiger charge is -2.20. The van der Waals surface area contributed by atoms with Crippen molar-refractivity contribution in [1.82, 2.24) is 14.7 Å². The number of nitrogens with zero attached hydrogens (tertiary/aromatic N) is 2. The van der Waals surface area contributed by atoms with Gasteiger partial charge >= 0.3 is 6.03 Å². The van der Waals surface area contributed by atoms with E-state index in [-0.39, 0.29) is 16.9 Å². The molecule has 0 unspecified atom stereocenters. The number of rotatable bonds is 5. The molecule has 2 aromatic rings. The molecule has 2 amide bonds. The number of anilines is 1. The molecule has 1 heterocycles. The Balaban J connectivity index is 2.35. The van der Waals surface area contributed by atoms with Gasteiger partial charge in [-0.15, -0.1) is 0 Å². The highest BCUT2D eigenvalue weighted by molar-refractivity contribution is 7.90. The summed E-state index contributed by atoms with van der Waals surface area (Å²) < 4.78 is 40.6. The van der Waals surface area contributed by atoms with Crippen molar-refractivity contribution in [3.05, 3.63) is 47.2 Å². The molecule has 7 nitrogen and oxygen atoms in total. The first-order valence-corrected chi connectivity index (χ1v) is 9.95. The van der Waals surface area contributed by atoms with E-state index in [1.807, 2.05) is 32.4 Å². The van der Waals surface area contributed by atoms with Crippen LogP contribution in [0.15, 0.2) is 29.6 Å². The van der Waals surface area contributed by atoms with Gasteiger partial charge in [0.2, 0.25) is 0 Å².